The summed E-state index contributed by atoms with van der Waals surface area (Å²) < 4.78 is 0. The highest BCUT2D eigenvalue weighted by atomic mass is 35.5. The molecule has 2 N–H and O–H groups in total. The van der Waals surface area contributed by atoms with Crippen LogP contribution in [0.4, 0.5) is 5.69 Å². The summed E-state index contributed by atoms with van der Waals surface area (Å²) >= 11 is 11.7. The van der Waals surface area contributed by atoms with Crippen LogP contribution in [0.5, 0.6) is 0 Å². The zero-order valence-corrected chi connectivity index (χ0v) is 14.0. The van der Waals surface area contributed by atoms with Crippen LogP contribution < -0.4 is 10.6 Å². The predicted octanol–water partition coefficient (Wildman–Crippen LogP) is 4.39. The minimum Gasteiger partial charge on any atom is -0.352 e. The van der Waals surface area contributed by atoms with Crippen LogP contribution in [0.15, 0.2) is 42.5 Å². The summed E-state index contributed by atoms with van der Waals surface area (Å²) in [4.78, 5) is 24.0. The molecule has 0 aromatic heterocycles. The molecule has 2 aromatic carbocycles. The number of rotatable bonds is 5. The summed E-state index contributed by atoms with van der Waals surface area (Å²) in [6.07, 6.45) is 0.871. The number of anilines is 1. The molecule has 2 rings (SSSR count). The molecule has 0 unspecified atom stereocenters. The summed E-state index contributed by atoms with van der Waals surface area (Å²) in [6, 6.07) is 11.3. The smallest absolute Gasteiger partial charge is 0.255 e. The molecule has 6 heteroatoms. The maximum absolute atomic E-state index is 12.2. The molecule has 2 amide bonds. The van der Waals surface area contributed by atoms with Crippen molar-refractivity contribution in [1.82, 2.24) is 5.32 Å². The van der Waals surface area contributed by atoms with Gasteiger partial charge in [-0.25, -0.2) is 0 Å². The van der Waals surface area contributed by atoms with Crippen LogP contribution in [-0.4, -0.2) is 18.4 Å². The van der Waals surface area contributed by atoms with Gasteiger partial charge in [-0.15, -0.1) is 0 Å². The molecular weight excluding hydrogens is 335 g/mol. The Bertz CT molecular complexity index is 715. The van der Waals surface area contributed by atoms with Crippen molar-refractivity contribution in [3.8, 4) is 0 Å². The second kappa shape index (κ2) is 7.99. The highest BCUT2D eigenvalue weighted by Crippen LogP contribution is 2.25. The summed E-state index contributed by atoms with van der Waals surface area (Å²) in [6.45, 7) is 2.61. The van der Waals surface area contributed by atoms with Gasteiger partial charge in [0, 0.05) is 23.4 Å². The number of hydrogen-bond donors (Lipinski definition) is 2. The summed E-state index contributed by atoms with van der Waals surface area (Å²) in [5.74, 6) is -0.438. The molecule has 0 bridgehead atoms. The van der Waals surface area contributed by atoms with Crippen LogP contribution in [0.1, 0.15) is 34.1 Å². The van der Waals surface area contributed by atoms with Crippen LogP contribution in [0.3, 0.4) is 0 Å². The fourth-order valence-corrected chi connectivity index (χ4v) is 2.19. The van der Waals surface area contributed by atoms with Gasteiger partial charge in [-0.3, -0.25) is 9.59 Å². The second-order valence-electron chi connectivity index (χ2n) is 4.92. The number of carbonyl (C=O) groups is 2. The summed E-state index contributed by atoms with van der Waals surface area (Å²) in [5.41, 5.74) is 1.52. The Balaban J connectivity index is 2.05. The van der Waals surface area contributed by atoms with E-state index in [4.69, 9.17) is 23.2 Å². The van der Waals surface area contributed by atoms with Crippen LogP contribution in [0.2, 0.25) is 10.0 Å². The molecule has 120 valence electrons. The average Bonchev–Trinajstić information content (AvgIpc) is 2.56. The normalized spacial score (nSPS) is 10.2. The lowest BCUT2D eigenvalue weighted by atomic mass is 10.1. The van der Waals surface area contributed by atoms with E-state index >= 15 is 0 Å². The number of carbonyl (C=O) groups excluding carboxylic acids is 2. The number of amides is 2. The maximum atomic E-state index is 12.2. The Morgan fingerprint density at radius 3 is 2.09 bits per heavy atom. The zero-order valence-electron chi connectivity index (χ0n) is 12.5. The molecule has 0 aliphatic rings. The van der Waals surface area contributed by atoms with Crippen molar-refractivity contribution in [2.75, 3.05) is 11.9 Å². The highest BCUT2D eigenvalue weighted by molar-refractivity contribution is 6.42. The van der Waals surface area contributed by atoms with E-state index in [1.165, 1.54) is 0 Å². The Hall–Kier alpha value is -2.04. The second-order valence-corrected chi connectivity index (χ2v) is 5.73. The Labute approximate surface area is 144 Å². The molecule has 0 fully saturated rings. The zero-order chi connectivity index (χ0) is 16.8. The van der Waals surface area contributed by atoms with E-state index in [1.807, 2.05) is 6.92 Å². The van der Waals surface area contributed by atoms with Gasteiger partial charge in [0.15, 0.2) is 0 Å². The lowest BCUT2D eigenvalue weighted by molar-refractivity contribution is 0.0951. The number of benzene rings is 2. The summed E-state index contributed by atoms with van der Waals surface area (Å²) in [7, 11) is 0. The van der Waals surface area contributed by atoms with Gasteiger partial charge in [-0.2, -0.15) is 0 Å². The van der Waals surface area contributed by atoms with Crippen molar-refractivity contribution in [3.05, 3.63) is 63.6 Å². The first-order valence-electron chi connectivity index (χ1n) is 7.16. The van der Waals surface area contributed by atoms with Crippen LogP contribution in [0.25, 0.3) is 0 Å². The van der Waals surface area contributed by atoms with Crippen LogP contribution in [-0.2, 0) is 0 Å². The standard InChI is InChI=1S/C17H16Cl2N2O2/c1-2-9-20-16(22)11-3-5-12(6-4-11)17(23)21-13-7-8-14(18)15(19)10-13/h3-8,10H,2,9H2,1H3,(H,20,22)(H,21,23). The van der Waals surface area contributed by atoms with Gasteiger partial charge in [-0.1, -0.05) is 30.1 Å². The van der Waals surface area contributed by atoms with Crippen molar-refractivity contribution >= 4 is 40.7 Å². The number of hydrogen-bond acceptors (Lipinski definition) is 2. The van der Waals surface area contributed by atoms with Crippen molar-refractivity contribution in [2.45, 2.75) is 13.3 Å². The van der Waals surface area contributed by atoms with E-state index in [1.54, 1.807) is 42.5 Å². The molecule has 23 heavy (non-hydrogen) atoms. The molecular formula is C17H16Cl2N2O2. The topological polar surface area (TPSA) is 58.2 Å². The number of halogens is 2. The van der Waals surface area contributed by atoms with E-state index in [-0.39, 0.29) is 11.8 Å². The molecule has 0 aliphatic heterocycles. The fraction of sp³-hybridized carbons (Fsp3) is 0.176. The van der Waals surface area contributed by atoms with Gasteiger partial charge in [0.1, 0.15) is 0 Å². The molecule has 0 spiro atoms. The van der Waals surface area contributed by atoms with E-state index in [0.717, 1.165) is 6.42 Å². The third-order valence-electron chi connectivity index (χ3n) is 3.12. The van der Waals surface area contributed by atoms with Crippen LogP contribution >= 0.6 is 23.2 Å². The van der Waals surface area contributed by atoms with Crippen molar-refractivity contribution in [1.29, 1.82) is 0 Å². The maximum Gasteiger partial charge on any atom is 0.255 e. The monoisotopic (exact) mass is 350 g/mol. The first kappa shape index (κ1) is 17.3. The highest BCUT2D eigenvalue weighted by Gasteiger charge is 2.09. The largest absolute Gasteiger partial charge is 0.352 e. The molecule has 0 aliphatic carbocycles. The lowest BCUT2D eigenvalue weighted by Gasteiger charge is -2.07. The van der Waals surface area contributed by atoms with E-state index < -0.39 is 0 Å². The van der Waals surface area contributed by atoms with Gasteiger partial charge in [-0.05, 0) is 48.9 Å². The van der Waals surface area contributed by atoms with Crippen LogP contribution in [0, 0.1) is 0 Å². The van der Waals surface area contributed by atoms with Crippen molar-refractivity contribution < 1.29 is 9.59 Å². The average molecular weight is 351 g/mol. The molecule has 0 heterocycles. The predicted molar refractivity (Wildman–Crippen MR) is 93.5 cm³/mol. The van der Waals surface area contributed by atoms with E-state index in [9.17, 15) is 9.59 Å². The third-order valence-corrected chi connectivity index (χ3v) is 3.86. The number of nitrogens with one attached hydrogen (secondary N) is 2. The van der Waals surface area contributed by atoms with Gasteiger partial charge < -0.3 is 10.6 Å². The molecule has 2 aromatic rings. The molecule has 0 radical (unpaired) electrons. The fourth-order valence-electron chi connectivity index (χ4n) is 1.89. The van der Waals surface area contributed by atoms with Gasteiger partial charge in [0.2, 0.25) is 0 Å². The van der Waals surface area contributed by atoms with E-state index in [0.29, 0.717) is 33.4 Å². The Kier molecular flexibility index (Phi) is 6.02. The van der Waals surface area contributed by atoms with Crippen molar-refractivity contribution in [3.63, 3.8) is 0 Å². The third kappa shape index (κ3) is 4.71. The van der Waals surface area contributed by atoms with Gasteiger partial charge in [0.05, 0.1) is 10.0 Å². The molecule has 0 saturated heterocycles. The quantitative estimate of drug-likeness (QED) is 0.840. The first-order chi connectivity index (χ1) is 11.0. The minimum absolute atomic E-state index is 0.150. The van der Waals surface area contributed by atoms with Gasteiger partial charge in [0.25, 0.3) is 11.8 Å². The van der Waals surface area contributed by atoms with Gasteiger partial charge >= 0.3 is 0 Å². The Morgan fingerprint density at radius 2 is 1.52 bits per heavy atom. The minimum atomic E-state index is -0.288. The molecule has 0 atom stereocenters. The summed E-state index contributed by atoms with van der Waals surface area (Å²) in [5, 5.41) is 6.30. The molecule has 4 nitrogen and oxygen atoms in total. The molecule has 0 saturated carbocycles. The lowest BCUT2D eigenvalue weighted by Crippen LogP contribution is -2.24. The Morgan fingerprint density at radius 1 is 0.913 bits per heavy atom. The van der Waals surface area contributed by atoms with E-state index in [2.05, 4.69) is 10.6 Å². The SMILES string of the molecule is CCCNC(=O)c1ccc(C(=O)Nc2ccc(Cl)c(Cl)c2)cc1. The van der Waals surface area contributed by atoms with Crippen molar-refractivity contribution in [2.24, 2.45) is 0 Å². The first-order valence-corrected chi connectivity index (χ1v) is 7.91.